The van der Waals surface area contributed by atoms with E-state index in [9.17, 15) is 4.79 Å². The van der Waals surface area contributed by atoms with Crippen LogP contribution in [0.5, 0.6) is 0 Å². The summed E-state index contributed by atoms with van der Waals surface area (Å²) in [6.07, 6.45) is 1.63. The zero-order chi connectivity index (χ0) is 13.8. The number of nitrogens with one attached hydrogen (secondary N) is 2. The highest BCUT2D eigenvalue weighted by Gasteiger charge is 2.12. The first-order chi connectivity index (χ1) is 9.11. The maximum atomic E-state index is 12.2. The molecule has 0 saturated heterocycles. The first kappa shape index (κ1) is 13.4. The van der Waals surface area contributed by atoms with Gasteiger partial charge in [-0.05, 0) is 36.8 Å². The predicted octanol–water partition coefficient (Wildman–Crippen LogP) is 3.34. The molecule has 0 spiro atoms. The van der Waals surface area contributed by atoms with E-state index in [-0.39, 0.29) is 5.91 Å². The summed E-state index contributed by atoms with van der Waals surface area (Å²) in [5.41, 5.74) is 2.14. The lowest BCUT2D eigenvalue weighted by Gasteiger charge is -2.11. The van der Waals surface area contributed by atoms with Gasteiger partial charge >= 0.3 is 0 Å². The van der Waals surface area contributed by atoms with Gasteiger partial charge in [0.25, 0.3) is 5.91 Å². The molecule has 0 radical (unpaired) electrons. The molecule has 0 aliphatic heterocycles. The van der Waals surface area contributed by atoms with Crippen LogP contribution in [-0.4, -0.2) is 17.9 Å². The fourth-order valence-corrected chi connectivity index (χ4v) is 1.88. The SMILES string of the molecule is CNc1ncccc1C(=O)Nc1cc(Cl)ccc1C. The number of aromatic nitrogens is 1. The van der Waals surface area contributed by atoms with Gasteiger partial charge in [-0.25, -0.2) is 4.98 Å². The standard InChI is InChI=1S/C14H14ClN3O/c1-9-5-6-10(15)8-12(9)18-14(19)11-4-3-7-17-13(11)16-2/h3-8H,1-2H3,(H,16,17)(H,18,19). The van der Waals surface area contributed by atoms with Crippen molar-refractivity contribution in [3.8, 4) is 0 Å². The summed E-state index contributed by atoms with van der Waals surface area (Å²) < 4.78 is 0. The van der Waals surface area contributed by atoms with Crippen LogP contribution in [0.1, 0.15) is 15.9 Å². The van der Waals surface area contributed by atoms with E-state index in [1.165, 1.54) is 0 Å². The number of carbonyl (C=O) groups excluding carboxylic acids is 1. The van der Waals surface area contributed by atoms with Gasteiger partial charge in [-0.15, -0.1) is 0 Å². The Morgan fingerprint density at radius 1 is 1.32 bits per heavy atom. The van der Waals surface area contributed by atoms with Gasteiger partial charge in [-0.3, -0.25) is 4.79 Å². The molecule has 19 heavy (non-hydrogen) atoms. The molecule has 1 amide bonds. The number of pyridine rings is 1. The molecule has 98 valence electrons. The summed E-state index contributed by atoms with van der Waals surface area (Å²) in [6.45, 7) is 1.91. The summed E-state index contributed by atoms with van der Waals surface area (Å²) in [7, 11) is 1.73. The smallest absolute Gasteiger partial charge is 0.259 e. The van der Waals surface area contributed by atoms with E-state index in [0.29, 0.717) is 22.1 Å². The van der Waals surface area contributed by atoms with E-state index in [1.54, 1.807) is 37.5 Å². The van der Waals surface area contributed by atoms with Crippen molar-refractivity contribution in [3.05, 3.63) is 52.7 Å². The first-order valence-corrected chi connectivity index (χ1v) is 6.20. The lowest BCUT2D eigenvalue weighted by molar-refractivity contribution is 0.102. The lowest BCUT2D eigenvalue weighted by Crippen LogP contribution is -2.15. The van der Waals surface area contributed by atoms with Crippen LogP contribution in [-0.2, 0) is 0 Å². The summed E-state index contributed by atoms with van der Waals surface area (Å²) in [4.78, 5) is 16.3. The Morgan fingerprint density at radius 3 is 2.84 bits per heavy atom. The minimum absolute atomic E-state index is 0.220. The maximum absolute atomic E-state index is 12.2. The van der Waals surface area contributed by atoms with Gasteiger partial charge in [0.1, 0.15) is 5.82 Å². The second kappa shape index (κ2) is 5.71. The van der Waals surface area contributed by atoms with Gasteiger partial charge in [0.05, 0.1) is 5.56 Å². The minimum Gasteiger partial charge on any atom is -0.372 e. The number of benzene rings is 1. The van der Waals surface area contributed by atoms with Crippen LogP contribution in [0.4, 0.5) is 11.5 Å². The largest absolute Gasteiger partial charge is 0.372 e. The fraction of sp³-hybridized carbons (Fsp3) is 0.143. The van der Waals surface area contributed by atoms with E-state index >= 15 is 0 Å². The monoisotopic (exact) mass is 275 g/mol. The van der Waals surface area contributed by atoms with E-state index in [4.69, 9.17) is 11.6 Å². The predicted molar refractivity (Wildman–Crippen MR) is 77.9 cm³/mol. The Kier molecular flexibility index (Phi) is 4.02. The quantitative estimate of drug-likeness (QED) is 0.903. The summed E-state index contributed by atoms with van der Waals surface area (Å²) in [6, 6.07) is 8.81. The van der Waals surface area contributed by atoms with Gasteiger partial charge < -0.3 is 10.6 Å². The number of hydrogen-bond donors (Lipinski definition) is 2. The average molecular weight is 276 g/mol. The molecule has 4 nitrogen and oxygen atoms in total. The highest BCUT2D eigenvalue weighted by atomic mass is 35.5. The van der Waals surface area contributed by atoms with E-state index in [2.05, 4.69) is 15.6 Å². The number of amides is 1. The van der Waals surface area contributed by atoms with Gasteiger partial charge in [0.2, 0.25) is 0 Å². The van der Waals surface area contributed by atoms with E-state index < -0.39 is 0 Å². The first-order valence-electron chi connectivity index (χ1n) is 5.82. The molecule has 0 unspecified atom stereocenters. The second-order valence-corrected chi connectivity index (χ2v) is 4.50. The van der Waals surface area contributed by atoms with E-state index in [0.717, 1.165) is 5.56 Å². The average Bonchev–Trinajstić information content (AvgIpc) is 2.42. The van der Waals surface area contributed by atoms with Crippen LogP contribution < -0.4 is 10.6 Å². The number of aryl methyl sites for hydroxylation is 1. The molecular formula is C14H14ClN3O. The van der Waals surface area contributed by atoms with Crippen LogP contribution in [0.2, 0.25) is 5.02 Å². The number of halogens is 1. The van der Waals surface area contributed by atoms with Crippen LogP contribution in [0, 0.1) is 6.92 Å². The van der Waals surface area contributed by atoms with Crippen molar-refractivity contribution in [3.63, 3.8) is 0 Å². The number of carbonyl (C=O) groups is 1. The molecule has 0 saturated carbocycles. The summed E-state index contributed by atoms with van der Waals surface area (Å²) in [5, 5.41) is 6.31. The second-order valence-electron chi connectivity index (χ2n) is 4.06. The Morgan fingerprint density at radius 2 is 2.11 bits per heavy atom. The molecule has 0 bridgehead atoms. The van der Waals surface area contributed by atoms with E-state index in [1.807, 2.05) is 13.0 Å². The third-order valence-corrected chi connectivity index (χ3v) is 2.97. The van der Waals surface area contributed by atoms with Gasteiger partial charge in [0.15, 0.2) is 0 Å². The van der Waals surface area contributed by atoms with Gasteiger partial charge in [-0.2, -0.15) is 0 Å². The molecule has 2 aromatic rings. The molecule has 1 heterocycles. The van der Waals surface area contributed by atoms with Crippen molar-refractivity contribution in [2.45, 2.75) is 6.92 Å². The number of nitrogens with zero attached hydrogens (tertiary/aromatic N) is 1. The molecule has 5 heteroatoms. The van der Waals surface area contributed by atoms with Crippen LogP contribution in [0.3, 0.4) is 0 Å². The molecule has 1 aromatic carbocycles. The number of hydrogen-bond acceptors (Lipinski definition) is 3. The van der Waals surface area contributed by atoms with Crippen LogP contribution in [0.25, 0.3) is 0 Å². The zero-order valence-corrected chi connectivity index (χ0v) is 11.5. The number of rotatable bonds is 3. The van der Waals surface area contributed by atoms with Gasteiger partial charge in [-0.1, -0.05) is 17.7 Å². The van der Waals surface area contributed by atoms with Crippen molar-refractivity contribution in [1.82, 2.24) is 4.98 Å². The van der Waals surface area contributed by atoms with Crippen molar-refractivity contribution >= 4 is 29.0 Å². The lowest BCUT2D eigenvalue weighted by atomic mass is 10.2. The van der Waals surface area contributed by atoms with Crippen LogP contribution >= 0.6 is 11.6 Å². The Labute approximate surface area is 116 Å². The summed E-state index contributed by atoms with van der Waals surface area (Å²) >= 11 is 5.93. The normalized spacial score (nSPS) is 10.1. The fourth-order valence-electron chi connectivity index (χ4n) is 1.71. The van der Waals surface area contributed by atoms with Crippen molar-refractivity contribution in [2.75, 3.05) is 17.7 Å². The molecule has 1 aromatic heterocycles. The van der Waals surface area contributed by atoms with Crippen molar-refractivity contribution in [1.29, 1.82) is 0 Å². The Hall–Kier alpha value is -2.07. The van der Waals surface area contributed by atoms with Crippen molar-refractivity contribution < 1.29 is 4.79 Å². The van der Waals surface area contributed by atoms with Gasteiger partial charge in [0, 0.05) is 24.0 Å². The third kappa shape index (κ3) is 3.03. The highest BCUT2D eigenvalue weighted by Crippen LogP contribution is 2.21. The third-order valence-electron chi connectivity index (χ3n) is 2.74. The molecule has 0 aliphatic carbocycles. The maximum Gasteiger partial charge on any atom is 0.259 e. The summed E-state index contributed by atoms with van der Waals surface area (Å²) in [5.74, 6) is 0.322. The highest BCUT2D eigenvalue weighted by molar-refractivity contribution is 6.31. The minimum atomic E-state index is -0.220. The van der Waals surface area contributed by atoms with Crippen LogP contribution in [0.15, 0.2) is 36.5 Å². The van der Waals surface area contributed by atoms with Crippen molar-refractivity contribution in [2.24, 2.45) is 0 Å². The Bertz CT molecular complexity index is 613. The molecule has 2 N–H and O–H groups in total. The molecule has 2 rings (SSSR count). The topological polar surface area (TPSA) is 54.0 Å². The molecular weight excluding hydrogens is 262 g/mol. The molecule has 0 atom stereocenters. The zero-order valence-electron chi connectivity index (χ0n) is 10.7. The Balaban J connectivity index is 2.28. The molecule has 0 fully saturated rings. The number of anilines is 2. The molecule has 0 aliphatic rings.